The molecule has 0 unspecified atom stereocenters. The maximum Gasteiger partial charge on any atom is 0.417 e. The van der Waals surface area contributed by atoms with E-state index in [1.54, 1.807) is 45.0 Å². The third kappa shape index (κ3) is 5.20. The fourth-order valence-electron chi connectivity index (χ4n) is 5.63. The van der Waals surface area contributed by atoms with Gasteiger partial charge in [0.2, 0.25) is 0 Å². The molecule has 2 saturated heterocycles. The van der Waals surface area contributed by atoms with Gasteiger partial charge in [-0.2, -0.15) is 0 Å². The second-order valence-electron chi connectivity index (χ2n) is 11.8. The zero-order valence-corrected chi connectivity index (χ0v) is 23.4. The predicted octanol–water partition coefficient (Wildman–Crippen LogP) is 5.38. The Hall–Kier alpha value is -4.38. The molecule has 2 fully saturated rings. The summed E-state index contributed by atoms with van der Waals surface area (Å²) in [6.07, 6.45) is -0.851. The predicted molar refractivity (Wildman–Crippen MR) is 149 cm³/mol. The normalized spacial score (nSPS) is 19.6. The molecule has 0 spiro atoms. The molecule has 6 rings (SSSR count). The number of benzene rings is 2. The van der Waals surface area contributed by atoms with Gasteiger partial charge in [0.05, 0.1) is 48.0 Å². The number of halogens is 2. The highest BCUT2D eigenvalue weighted by Gasteiger charge is 2.40. The Bertz CT molecular complexity index is 1560. The van der Waals surface area contributed by atoms with E-state index < -0.39 is 29.2 Å². The molecule has 1 aromatic heterocycles. The average molecular weight is 577 g/mol. The number of carbonyl (C=O) groups excluding carboxylic acids is 3. The van der Waals surface area contributed by atoms with Crippen molar-refractivity contribution >= 4 is 29.3 Å². The number of anilines is 2. The van der Waals surface area contributed by atoms with Crippen molar-refractivity contribution in [3.05, 3.63) is 77.0 Å². The smallest absolute Gasteiger partial charge is 0.417 e. The second-order valence-corrected chi connectivity index (χ2v) is 11.8. The van der Waals surface area contributed by atoms with Crippen molar-refractivity contribution < 1.29 is 32.6 Å². The van der Waals surface area contributed by atoms with Crippen molar-refractivity contribution in [3.63, 3.8) is 0 Å². The number of rotatable bonds is 4. The van der Waals surface area contributed by atoms with E-state index >= 15 is 0 Å². The molecule has 3 amide bonds. The molecular formula is C31H30F2N4O5. The van der Waals surface area contributed by atoms with Crippen molar-refractivity contribution in [2.75, 3.05) is 31.6 Å². The Morgan fingerprint density at radius 1 is 1.00 bits per heavy atom. The molecule has 0 bridgehead atoms. The van der Waals surface area contributed by atoms with E-state index in [1.165, 1.54) is 12.1 Å². The second kappa shape index (κ2) is 10.5. The fraction of sp³-hybridized carbons (Fsp3) is 0.355. The molecule has 3 aliphatic heterocycles. The van der Waals surface area contributed by atoms with Gasteiger partial charge in [0.15, 0.2) is 0 Å². The van der Waals surface area contributed by atoms with Gasteiger partial charge < -0.3 is 19.7 Å². The highest BCUT2D eigenvalue weighted by Crippen LogP contribution is 2.36. The van der Waals surface area contributed by atoms with Crippen LogP contribution in [0.4, 0.5) is 25.0 Å². The van der Waals surface area contributed by atoms with Crippen LogP contribution in [0.15, 0.2) is 48.5 Å². The molecule has 3 aliphatic rings. The van der Waals surface area contributed by atoms with Gasteiger partial charge in [-0.25, -0.2) is 23.5 Å². The van der Waals surface area contributed by atoms with Crippen molar-refractivity contribution in [2.45, 2.75) is 32.9 Å². The number of pyridine rings is 1. The fourth-order valence-corrected chi connectivity index (χ4v) is 5.63. The van der Waals surface area contributed by atoms with Gasteiger partial charge >= 0.3 is 6.09 Å². The molecule has 1 N–H and O–H groups in total. The SMILES string of the molecule is CC(C)(C)OC(=O)N1Cc2nc(-c3c(F)cccc3F)cc(Nc3ccc(C(=O)N4C[C@H]5COC[C@H]5C4)cc3)c2C1=O. The number of aromatic nitrogens is 1. The van der Waals surface area contributed by atoms with Crippen LogP contribution in [0.2, 0.25) is 0 Å². The van der Waals surface area contributed by atoms with E-state index in [2.05, 4.69) is 10.3 Å². The highest BCUT2D eigenvalue weighted by atomic mass is 19.1. The van der Waals surface area contributed by atoms with E-state index in [0.29, 0.717) is 49.4 Å². The summed E-state index contributed by atoms with van der Waals surface area (Å²) in [5.41, 5.74) is 0.270. The van der Waals surface area contributed by atoms with Crippen LogP contribution in [0.25, 0.3) is 11.3 Å². The lowest BCUT2D eigenvalue weighted by Gasteiger charge is -2.23. The first kappa shape index (κ1) is 27.8. The van der Waals surface area contributed by atoms with Crippen LogP contribution in [-0.2, 0) is 16.0 Å². The molecule has 0 saturated carbocycles. The summed E-state index contributed by atoms with van der Waals surface area (Å²) in [4.78, 5) is 46.5. The minimum Gasteiger partial charge on any atom is -0.443 e. The zero-order chi connectivity index (χ0) is 29.8. The van der Waals surface area contributed by atoms with Crippen molar-refractivity contribution in [3.8, 4) is 11.3 Å². The molecule has 3 aromatic rings. The van der Waals surface area contributed by atoms with Crippen LogP contribution >= 0.6 is 0 Å². The van der Waals surface area contributed by atoms with E-state index in [-0.39, 0.29) is 40.7 Å². The summed E-state index contributed by atoms with van der Waals surface area (Å²) in [6, 6.07) is 11.6. The van der Waals surface area contributed by atoms with E-state index in [0.717, 1.165) is 17.0 Å². The first-order chi connectivity index (χ1) is 20.0. The number of imide groups is 1. The number of nitrogens with one attached hydrogen (secondary N) is 1. The Labute approximate surface area is 241 Å². The first-order valence-electron chi connectivity index (χ1n) is 13.8. The Morgan fingerprint density at radius 3 is 2.26 bits per heavy atom. The summed E-state index contributed by atoms with van der Waals surface area (Å²) in [5.74, 6) is -1.61. The average Bonchev–Trinajstić information content (AvgIpc) is 3.62. The van der Waals surface area contributed by atoms with Gasteiger partial charge in [0.1, 0.15) is 17.2 Å². The maximum atomic E-state index is 14.7. The van der Waals surface area contributed by atoms with Crippen LogP contribution in [0, 0.1) is 23.5 Å². The quantitative estimate of drug-likeness (QED) is 0.445. The molecule has 42 heavy (non-hydrogen) atoms. The number of ether oxygens (including phenoxy) is 2. The highest BCUT2D eigenvalue weighted by molar-refractivity contribution is 6.10. The third-order valence-corrected chi connectivity index (χ3v) is 7.63. The lowest BCUT2D eigenvalue weighted by molar-refractivity contribution is 0.0247. The third-order valence-electron chi connectivity index (χ3n) is 7.63. The summed E-state index contributed by atoms with van der Waals surface area (Å²) in [6.45, 7) is 7.50. The summed E-state index contributed by atoms with van der Waals surface area (Å²) >= 11 is 0. The molecule has 0 radical (unpaired) electrons. The topological polar surface area (TPSA) is 101 Å². The molecule has 4 heterocycles. The molecule has 218 valence electrons. The molecule has 2 aromatic carbocycles. The molecule has 2 atom stereocenters. The summed E-state index contributed by atoms with van der Waals surface area (Å²) < 4.78 is 40.4. The van der Waals surface area contributed by atoms with E-state index in [1.807, 2.05) is 4.90 Å². The monoisotopic (exact) mass is 576 g/mol. The maximum absolute atomic E-state index is 14.7. The summed E-state index contributed by atoms with van der Waals surface area (Å²) in [5, 5.41) is 3.13. The Morgan fingerprint density at radius 2 is 1.64 bits per heavy atom. The van der Waals surface area contributed by atoms with Crippen molar-refractivity contribution in [2.24, 2.45) is 11.8 Å². The molecule has 9 nitrogen and oxygen atoms in total. The standard InChI is InChI=1S/C31H30F2N4O5/c1-31(2,3)42-30(40)37-14-25-27(29(37)39)24(11-23(35-25)26-21(32)5-4-6-22(26)33)34-20-9-7-17(8-10-20)28(38)36-12-18-15-41-16-19(18)13-36/h4-11,18-19H,12-16H2,1-3H3,(H,34,35)/t18-,19+. The van der Waals surface area contributed by atoms with Crippen LogP contribution in [0.1, 0.15) is 47.2 Å². The van der Waals surface area contributed by atoms with Crippen LogP contribution < -0.4 is 5.32 Å². The molecule has 11 heteroatoms. The Balaban J connectivity index is 1.31. The summed E-state index contributed by atoms with van der Waals surface area (Å²) in [7, 11) is 0. The molecule has 0 aliphatic carbocycles. The van der Waals surface area contributed by atoms with Gasteiger partial charge in [-0.1, -0.05) is 6.07 Å². The number of carbonyl (C=O) groups is 3. The van der Waals surface area contributed by atoms with Crippen LogP contribution in [-0.4, -0.2) is 64.6 Å². The number of hydrogen-bond acceptors (Lipinski definition) is 7. The van der Waals surface area contributed by atoms with Gasteiger partial charge in [0, 0.05) is 36.2 Å². The van der Waals surface area contributed by atoms with E-state index in [4.69, 9.17) is 9.47 Å². The Kier molecular flexibility index (Phi) is 6.92. The van der Waals surface area contributed by atoms with E-state index in [9.17, 15) is 23.2 Å². The number of likely N-dealkylation sites (tertiary alicyclic amines) is 1. The largest absolute Gasteiger partial charge is 0.443 e. The first-order valence-corrected chi connectivity index (χ1v) is 13.8. The lowest BCUT2D eigenvalue weighted by Crippen LogP contribution is -2.37. The number of amides is 3. The number of fused-ring (bicyclic) bond motifs is 2. The molecular weight excluding hydrogens is 546 g/mol. The number of nitrogens with zero attached hydrogens (tertiary/aromatic N) is 3. The van der Waals surface area contributed by atoms with Crippen molar-refractivity contribution in [1.82, 2.24) is 14.8 Å². The minimum absolute atomic E-state index is 0.0407. The van der Waals surface area contributed by atoms with Gasteiger partial charge in [-0.3, -0.25) is 9.59 Å². The van der Waals surface area contributed by atoms with Crippen LogP contribution in [0.5, 0.6) is 0 Å². The number of hydrogen-bond donors (Lipinski definition) is 1. The van der Waals surface area contributed by atoms with Crippen molar-refractivity contribution in [1.29, 1.82) is 0 Å². The minimum atomic E-state index is -0.851. The lowest BCUT2D eigenvalue weighted by atomic mass is 10.0. The van der Waals surface area contributed by atoms with Gasteiger partial charge in [-0.15, -0.1) is 0 Å². The van der Waals surface area contributed by atoms with Gasteiger partial charge in [-0.05, 0) is 63.2 Å². The zero-order valence-electron chi connectivity index (χ0n) is 23.4. The van der Waals surface area contributed by atoms with Gasteiger partial charge in [0.25, 0.3) is 11.8 Å². The van der Waals surface area contributed by atoms with Crippen LogP contribution in [0.3, 0.4) is 0 Å².